The third-order valence-corrected chi connectivity index (χ3v) is 4.43. The number of alkyl halides is 1. The zero-order valence-electron chi connectivity index (χ0n) is 10.4. The Morgan fingerprint density at radius 1 is 1.21 bits per heavy atom. The molecule has 1 saturated carbocycles. The van der Waals surface area contributed by atoms with Crippen LogP contribution in [0.5, 0.6) is 0 Å². The molecule has 0 bridgehead atoms. The van der Waals surface area contributed by atoms with E-state index in [1.54, 1.807) is 0 Å². The first-order valence-corrected chi connectivity index (χ1v) is 7.76. The SMILES string of the molecule is ClC1CCC(Nc2ccnc3cc(Br)cnc23)CC1. The lowest BCUT2D eigenvalue weighted by molar-refractivity contribution is 0.469. The Kier molecular flexibility index (Phi) is 3.89. The molecular formula is C14H15BrClN3. The number of fused-ring (bicyclic) bond motifs is 1. The molecule has 0 aromatic carbocycles. The Hall–Kier alpha value is -0.870. The van der Waals surface area contributed by atoms with Crippen LogP contribution in [0, 0.1) is 0 Å². The molecule has 0 saturated heterocycles. The molecule has 2 aromatic heterocycles. The number of nitrogens with zero attached hydrogens (tertiary/aromatic N) is 2. The van der Waals surface area contributed by atoms with Crippen molar-refractivity contribution in [3.05, 3.63) is 29.0 Å². The highest BCUT2D eigenvalue weighted by molar-refractivity contribution is 9.10. The van der Waals surface area contributed by atoms with Crippen LogP contribution in [-0.4, -0.2) is 21.4 Å². The average Bonchev–Trinajstić information content (AvgIpc) is 2.41. The molecule has 0 radical (unpaired) electrons. The van der Waals surface area contributed by atoms with Crippen molar-refractivity contribution in [2.24, 2.45) is 0 Å². The van der Waals surface area contributed by atoms with E-state index in [1.807, 2.05) is 24.5 Å². The lowest BCUT2D eigenvalue weighted by atomic mass is 9.95. The van der Waals surface area contributed by atoms with Gasteiger partial charge in [0.15, 0.2) is 0 Å². The molecular weight excluding hydrogens is 326 g/mol. The molecule has 5 heteroatoms. The summed E-state index contributed by atoms with van der Waals surface area (Å²) >= 11 is 9.57. The molecule has 0 atom stereocenters. The van der Waals surface area contributed by atoms with Crippen LogP contribution in [0.4, 0.5) is 5.69 Å². The van der Waals surface area contributed by atoms with Gasteiger partial charge < -0.3 is 5.32 Å². The van der Waals surface area contributed by atoms with Gasteiger partial charge in [0.2, 0.25) is 0 Å². The van der Waals surface area contributed by atoms with Crippen LogP contribution < -0.4 is 5.32 Å². The van der Waals surface area contributed by atoms with Crippen molar-refractivity contribution in [2.75, 3.05) is 5.32 Å². The lowest BCUT2D eigenvalue weighted by Gasteiger charge is -2.26. The van der Waals surface area contributed by atoms with Gasteiger partial charge in [-0.3, -0.25) is 9.97 Å². The summed E-state index contributed by atoms with van der Waals surface area (Å²) in [5.41, 5.74) is 2.90. The van der Waals surface area contributed by atoms with Gasteiger partial charge in [0.25, 0.3) is 0 Å². The van der Waals surface area contributed by atoms with Gasteiger partial charge in [-0.05, 0) is 53.7 Å². The molecule has 2 aromatic rings. The van der Waals surface area contributed by atoms with E-state index in [-0.39, 0.29) is 0 Å². The molecule has 3 nitrogen and oxygen atoms in total. The monoisotopic (exact) mass is 339 g/mol. The van der Waals surface area contributed by atoms with E-state index in [0.29, 0.717) is 11.4 Å². The van der Waals surface area contributed by atoms with E-state index >= 15 is 0 Å². The first-order chi connectivity index (χ1) is 9.22. The van der Waals surface area contributed by atoms with Gasteiger partial charge >= 0.3 is 0 Å². The molecule has 1 aliphatic carbocycles. The second-order valence-corrected chi connectivity index (χ2v) is 6.51. The fourth-order valence-corrected chi connectivity index (χ4v) is 3.11. The van der Waals surface area contributed by atoms with E-state index in [0.717, 1.165) is 46.9 Å². The first-order valence-electron chi connectivity index (χ1n) is 6.53. The number of anilines is 1. The van der Waals surface area contributed by atoms with Crippen molar-refractivity contribution in [1.29, 1.82) is 0 Å². The Balaban J connectivity index is 1.84. The summed E-state index contributed by atoms with van der Waals surface area (Å²) in [6.07, 6.45) is 8.04. The van der Waals surface area contributed by atoms with Crippen molar-refractivity contribution in [3.8, 4) is 0 Å². The Morgan fingerprint density at radius 2 is 2.00 bits per heavy atom. The molecule has 0 unspecified atom stereocenters. The van der Waals surface area contributed by atoms with E-state index in [1.165, 1.54) is 0 Å². The summed E-state index contributed by atoms with van der Waals surface area (Å²) in [5.74, 6) is 0. The Bertz CT molecular complexity index is 582. The van der Waals surface area contributed by atoms with Crippen LogP contribution in [-0.2, 0) is 0 Å². The second kappa shape index (κ2) is 5.63. The summed E-state index contributed by atoms with van der Waals surface area (Å²) in [6.45, 7) is 0. The highest BCUT2D eigenvalue weighted by Gasteiger charge is 2.19. The van der Waals surface area contributed by atoms with Crippen molar-refractivity contribution in [3.63, 3.8) is 0 Å². The molecule has 0 spiro atoms. The maximum Gasteiger partial charge on any atom is 0.112 e. The largest absolute Gasteiger partial charge is 0.380 e. The maximum atomic E-state index is 6.14. The minimum atomic E-state index is 0.348. The highest BCUT2D eigenvalue weighted by Crippen LogP contribution is 2.28. The van der Waals surface area contributed by atoms with Crippen LogP contribution >= 0.6 is 27.5 Å². The smallest absolute Gasteiger partial charge is 0.112 e. The number of aromatic nitrogens is 2. The molecule has 3 rings (SSSR count). The lowest BCUT2D eigenvalue weighted by Crippen LogP contribution is -2.26. The average molecular weight is 341 g/mol. The summed E-state index contributed by atoms with van der Waals surface area (Å²) in [5, 5.41) is 3.94. The number of pyridine rings is 2. The molecule has 1 fully saturated rings. The summed E-state index contributed by atoms with van der Waals surface area (Å²) < 4.78 is 0.951. The van der Waals surface area contributed by atoms with Crippen LogP contribution in [0.3, 0.4) is 0 Å². The minimum Gasteiger partial charge on any atom is -0.380 e. The van der Waals surface area contributed by atoms with Crippen molar-refractivity contribution in [1.82, 2.24) is 9.97 Å². The molecule has 100 valence electrons. The first kappa shape index (κ1) is 13.1. The number of nitrogens with one attached hydrogen (secondary N) is 1. The fraction of sp³-hybridized carbons (Fsp3) is 0.429. The van der Waals surface area contributed by atoms with Crippen molar-refractivity contribution >= 4 is 44.3 Å². The zero-order chi connectivity index (χ0) is 13.2. The Labute approximate surface area is 125 Å². The zero-order valence-corrected chi connectivity index (χ0v) is 12.8. The van der Waals surface area contributed by atoms with E-state index in [2.05, 4.69) is 31.2 Å². The standard InChI is InChI=1S/C14H15BrClN3/c15-9-7-13-14(18-8-9)12(5-6-17-13)19-11-3-1-10(16)2-4-11/h5-8,10-11H,1-4H2,(H,17,19). The van der Waals surface area contributed by atoms with Crippen LogP contribution in [0.1, 0.15) is 25.7 Å². The van der Waals surface area contributed by atoms with Crippen LogP contribution in [0.15, 0.2) is 29.0 Å². The van der Waals surface area contributed by atoms with Gasteiger partial charge in [-0.25, -0.2) is 0 Å². The van der Waals surface area contributed by atoms with Crippen LogP contribution in [0.25, 0.3) is 11.0 Å². The molecule has 0 amide bonds. The third-order valence-electron chi connectivity index (χ3n) is 3.56. The van der Waals surface area contributed by atoms with Gasteiger partial charge in [0, 0.05) is 28.3 Å². The molecule has 1 aliphatic rings. The van der Waals surface area contributed by atoms with E-state index < -0.39 is 0 Å². The molecule has 0 aliphatic heterocycles. The summed E-state index contributed by atoms with van der Waals surface area (Å²) in [6, 6.07) is 4.48. The molecule has 1 N–H and O–H groups in total. The third kappa shape index (κ3) is 3.00. The molecule has 2 heterocycles. The normalized spacial score (nSPS) is 23.5. The molecule has 19 heavy (non-hydrogen) atoms. The van der Waals surface area contributed by atoms with Crippen molar-refractivity contribution < 1.29 is 0 Å². The fourth-order valence-electron chi connectivity index (χ4n) is 2.54. The predicted octanol–water partition coefficient (Wildman–Crippen LogP) is 4.35. The topological polar surface area (TPSA) is 37.8 Å². The number of hydrogen-bond acceptors (Lipinski definition) is 3. The maximum absolute atomic E-state index is 6.14. The van der Waals surface area contributed by atoms with E-state index in [4.69, 9.17) is 11.6 Å². The van der Waals surface area contributed by atoms with Gasteiger partial charge in [-0.15, -0.1) is 11.6 Å². The quantitative estimate of drug-likeness (QED) is 0.826. The second-order valence-electron chi connectivity index (χ2n) is 4.97. The highest BCUT2D eigenvalue weighted by atomic mass is 79.9. The predicted molar refractivity (Wildman–Crippen MR) is 82.8 cm³/mol. The van der Waals surface area contributed by atoms with E-state index in [9.17, 15) is 0 Å². The number of halogens is 2. The number of rotatable bonds is 2. The Morgan fingerprint density at radius 3 is 2.79 bits per heavy atom. The van der Waals surface area contributed by atoms with Crippen LogP contribution in [0.2, 0.25) is 0 Å². The van der Waals surface area contributed by atoms with Gasteiger partial charge in [0.1, 0.15) is 5.52 Å². The van der Waals surface area contributed by atoms with Crippen molar-refractivity contribution in [2.45, 2.75) is 37.1 Å². The minimum absolute atomic E-state index is 0.348. The summed E-state index contributed by atoms with van der Waals surface area (Å²) in [7, 11) is 0. The number of hydrogen-bond donors (Lipinski definition) is 1. The van der Waals surface area contributed by atoms with Gasteiger partial charge in [0.05, 0.1) is 11.2 Å². The van der Waals surface area contributed by atoms with Gasteiger partial charge in [-0.2, -0.15) is 0 Å². The van der Waals surface area contributed by atoms with Gasteiger partial charge in [-0.1, -0.05) is 0 Å². The summed E-state index contributed by atoms with van der Waals surface area (Å²) in [4.78, 5) is 8.82.